The number of carbonyl (C=O) groups is 2. The second-order valence-electron chi connectivity index (χ2n) is 7.54. The molecular formula is C24H23N3O2. The van der Waals surface area contributed by atoms with Gasteiger partial charge in [-0.1, -0.05) is 36.4 Å². The summed E-state index contributed by atoms with van der Waals surface area (Å²) in [5.41, 5.74) is 5.61. The molecule has 5 nitrogen and oxygen atoms in total. The van der Waals surface area contributed by atoms with Crippen LogP contribution in [0.5, 0.6) is 0 Å². The first-order valence-corrected chi connectivity index (χ1v) is 9.70. The minimum absolute atomic E-state index is 0.0620. The molecule has 1 aliphatic heterocycles. The molecule has 0 spiro atoms. The molecule has 0 saturated heterocycles. The van der Waals surface area contributed by atoms with Crippen LogP contribution in [-0.4, -0.2) is 22.8 Å². The van der Waals surface area contributed by atoms with E-state index in [4.69, 9.17) is 0 Å². The van der Waals surface area contributed by atoms with Crippen molar-refractivity contribution in [3.05, 3.63) is 88.7 Å². The Labute approximate surface area is 170 Å². The Morgan fingerprint density at radius 2 is 1.69 bits per heavy atom. The fourth-order valence-electron chi connectivity index (χ4n) is 3.89. The van der Waals surface area contributed by atoms with Crippen LogP contribution in [0.15, 0.2) is 60.9 Å². The number of rotatable bonds is 3. The van der Waals surface area contributed by atoms with E-state index >= 15 is 0 Å². The zero-order valence-corrected chi connectivity index (χ0v) is 16.8. The van der Waals surface area contributed by atoms with Gasteiger partial charge in [-0.2, -0.15) is 0 Å². The molecule has 1 atom stereocenters. The van der Waals surface area contributed by atoms with E-state index in [0.29, 0.717) is 11.1 Å². The topological polar surface area (TPSA) is 62.3 Å². The summed E-state index contributed by atoms with van der Waals surface area (Å²) in [7, 11) is 0. The van der Waals surface area contributed by atoms with Gasteiger partial charge in [-0.3, -0.25) is 14.6 Å². The highest BCUT2D eigenvalue weighted by atomic mass is 16.2. The molecule has 5 heteroatoms. The van der Waals surface area contributed by atoms with Crippen LogP contribution in [0.2, 0.25) is 0 Å². The third-order valence-corrected chi connectivity index (χ3v) is 5.39. The number of hydrogen-bond acceptors (Lipinski definition) is 3. The first kappa shape index (κ1) is 18.9. The predicted molar refractivity (Wildman–Crippen MR) is 115 cm³/mol. The Kier molecular flexibility index (Phi) is 4.89. The number of para-hydroxylation sites is 2. The summed E-state index contributed by atoms with van der Waals surface area (Å²) >= 11 is 0. The summed E-state index contributed by atoms with van der Waals surface area (Å²) in [5, 5.41) is 2.95. The van der Waals surface area contributed by atoms with Gasteiger partial charge in [-0.25, -0.2) is 0 Å². The molecule has 0 aliphatic carbocycles. The smallest absolute Gasteiger partial charge is 0.260 e. The molecule has 0 radical (unpaired) electrons. The number of carbonyl (C=O) groups excluding carboxylic acids is 2. The largest absolute Gasteiger partial charge is 0.321 e. The maximum atomic E-state index is 13.2. The first-order valence-electron chi connectivity index (χ1n) is 9.70. The lowest BCUT2D eigenvalue weighted by molar-refractivity contribution is 0.0981. The van der Waals surface area contributed by atoms with Crippen LogP contribution in [0.1, 0.15) is 44.3 Å². The van der Waals surface area contributed by atoms with Crippen molar-refractivity contribution in [3.63, 3.8) is 0 Å². The Bertz CT molecular complexity index is 1090. The molecule has 4 rings (SSSR count). The quantitative estimate of drug-likeness (QED) is 0.720. The van der Waals surface area contributed by atoms with Gasteiger partial charge >= 0.3 is 0 Å². The second-order valence-corrected chi connectivity index (χ2v) is 7.54. The number of hydrogen-bond donors (Lipinski definition) is 1. The molecule has 1 aromatic heterocycles. The van der Waals surface area contributed by atoms with Gasteiger partial charge in [-0.15, -0.1) is 0 Å². The van der Waals surface area contributed by atoms with Crippen molar-refractivity contribution < 1.29 is 9.59 Å². The van der Waals surface area contributed by atoms with Crippen LogP contribution in [0, 0.1) is 13.8 Å². The molecule has 1 unspecified atom stereocenters. The summed E-state index contributed by atoms with van der Waals surface area (Å²) in [6.45, 7) is 5.93. The van der Waals surface area contributed by atoms with E-state index in [9.17, 15) is 9.59 Å². The Morgan fingerprint density at radius 1 is 1.00 bits per heavy atom. The van der Waals surface area contributed by atoms with Crippen LogP contribution in [0.4, 0.5) is 11.4 Å². The van der Waals surface area contributed by atoms with Crippen LogP contribution in [0.3, 0.4) is 0 Å². The van der Waals surface area contributed by atoms with Gasteiger partial charge in [0.05, 0.1) is 11.1 Å². The monoisotopic (exact) mass is 385 g/mol. The van der Waals surface area contributed by atoms with E-state index in [-0.39, 0.29) is 17.9 Å². The first-order chi connectivity index (χ1) is 14.0. The van der Waals surface area contributed by atoms with E-state index in [1.165, 1.54) is 12.4 Å². The van der Waals surface area contributed by atoms with E-state index in [0.717, 1.165) is 34.5 Å². The number of nitrogens with zero attached hydrogens (tertiary/aromatic N) is 2. The van der Waals surface area contributed by atoms with Gasteiger partial charge in [0, 0.05) is 29.8 Å². The van der Waals surface area contributed by atoms with Gasteiger partial charge in [0.2, 0.25) is 0 Å². The maximum Gasteiger partial charge on any atom is 0.260 e. The molecule has 2 heterocycles. The van der Waals surface area contributed by atoms with Crippen molar-refractivity contribution in [2.45, 2.75) is 33.2 Å². The minimum Gasteiger partial charge on any atom is -0.321 e. The lowest BCUT2D eigenvalue weighted by Crippen LogP contribution is -2.35. The molecule has 2 amide bonds. The number of benzene rings is 2. The highest BCUT2D eigenvalue weighted by molar-refractivity contribution is 6.10. The number of nitrogens with one attached hydrogen (secondary N) is 1. The summed E-state index contributed by atoms with van der Waals surface area (Å²) < 4.78 is 0. The normalized spacial score (nSPS) is 15.1. The highest BCUT2D eigenvalue weighted by Crippen LogP contribution is 2.33. The van der Waals surface area contributed by atoms with Crippen molar-refractivity contribution >= 4 is 23.2 Å². The van der Waals surface area contributed by atoms with Gasteiger partial charge in [0.25, 0.3) is 11.8 Å². The number of pyridine rings is 1. The molecule has 29 heavy (non-hydrogen) atoms. The molecule has 0 fully saturated rings. The summed E-state index contributed by atoms with van der Waals surface area (Å²) in [5.74, 6) is -0.420. The molecule has 2 aromatic carbocycles. The van der Waals surface area contributed by atoms with E-state index in [1.807, 2.05) is 63.2 Å². The van der Waals surface area contributed by atoms with Crippen molar-refractivity contribution in [1.29, 1.82) is 0 Å². The number of amides is 2. The zero-order valence-electron chi connectivity index (χ0n) is 16.8. The van der Waals surface area contributed by atoms with Crippen LogP contribution < -0.4 is 10.2 Å². The summed E-state index contributed by atoms with van der Waals surface area (Å²) in [6, 6.07) is 15.5. The van der Waals surface area contributed by atoms with E-state index in [2.05, 4.69) is 10.3 Å². The van der Waals surface area contributed by atoms with Crippen LogP contribution in [-0.2, 0) is 6.42 Å². The van der Waals surface area contributed by atoms with Crippen molar-refractivity contribution in [1.82, 2.24) is 4.98 Å². The Morgan fingerprint density at radius 3 is 2.45 bits per heavy atom. The third kappa shape index (κ3) is 3.51. The standard InChI is InChI=1S/C24H23N3O2/c1-15-7-6-8-16(2)22(15)26-23(28)19-12-20(14-25-13-19)24(29)27-17(3)11-18-9-4-5-10-21(18)27/h4-10,12-14,17H,11H2,1-3H3,(H,26,28). The van der Waals surface area contributed by atoms with Gasteiger partial charge in [0.15, 0.2) is 0 Å². The molecule has 3 aromatic rings. The van der Waals surface area contributed by atoms with E-state index < -0.39 is 0 Å². The molecular weight excluding hydrogens is 362 g/mol. The lowest BCUT2D eigenvalue weighted by Gasteiger charge is -2.22. The van der Waals surface area contributed by atoms with Gasteiger partial charge < -0.3 is 10.2 Å². The molecule has 0 saturated carbocycles. The van der Waals surface area contributed by atoms with Crippen LogP contribution >= 0.6 is 0 Å². The van der Waals surface area contributed by atoms with Crippen molar-refractivity contribution in [2.24, 2.45) is 0 Å². The number of aryl methyl sites for hydroxylation is 2. The van der Waals surface area contributed by atoms with Crippen LogP contribution in [0.25, 0.3) is 0 Å². The highest BCUT2D eigenvalue weighted by Gasteiger charge is 2.31. The van der Waals surface area contributed by atoms with Gasteiger partial charge in [0.1, 0.15) is 0 Å². The SMILES string of the molecule is Cc1cccc(C)c1NC(=O)c1cncc(C(=O)N2c3ccccc3CC2C)c1. The average molecular weight is 385 g/mol. The fourth-order valence-corrected chi connectivity index (χ4v) is 3.89. The maximum absolute atomic E-state index is 13.2. The summed E-state index contributed by atoms with van der Waals surface area (Å²) in [4.78, 5) is 32.0. The van der Waals surface area contributed by atoms with Crippen molar-refractivity contribution in [3.8, 4) is 0 Å². The van der Waals surface area contributed by atoms with E-state index in [1.54, 1.807) is 11.0 Å². The number of anilines is 2. The number of aromatic nitrogens is 1. The Balaban J connectivity index is 1.61. The average Bonchev–Trinajstić information content (AvgIpc) is 3.06. The minimum atomic E-state index is -0.278. The molecule has 146 valence electrons. The predicted octanol–water partition coefficient (Wildman–Crippen LogP) is 4.54. The molecule has 1 aliphatic rings. The van der Waals surface area contributed by atoms with Crippen molar-refractivity contribution in [2.75, 3.05) is 10.2 Å². The lowest BCUT2D eigenvalue weighted by atomic mass is 10.1. The third-order valence-electron chi connectivity index (χ3n) is 5.39. The zero-order chi connectivity index (χ0) is 20.5. The molecule has 0 bridgehead atoms. The fraction of sp³-hybridized carbons (Fsp3) is 0.208. The Hall–Kier alpha value is -3.47. The number of fused-ring (bicyclic) bond motifs is 1. The van der Waals surface area contributed by atoms with Gasteiger partial charge in [-0.05, 0) is 56.0 Å². The summed E-state index contributed by atoms with van der Waals surface area (Å²) in [6.07, 6.45) is 3.83. The molecule has 1 N–H and O–H groups in total. The second kappa shape index (κ2) is 7.51.